The standard InChI is InChI=1S/C22H33N7O/c1-3-4-7-12-25-21(30)20-26-16-11-10-14(2)13-15(16)19(29-20)27-17-8-5-6-9-18(17)28-22(23)24/h10-11,13,17-18H,3-9,12H2,1-2H3,(H,25,30)(H4,23,24,28)(H,26,27,29)/t17-,18+/m1/s1. The average Bonchev–Trinajstić information content (AvgIpc) is 2.72. The zero-order valence-corrected chi connectivity index (χ0v) is 17.9. The van der Waals surface area contributed by atoms with E-state index in [9.17, 15) is 4.79 Å². The number of guanidine groups is 1. The van der Waals surface area contributed by atoms with Gasteiger partial charge in [0.05, 0.1) is 17.6 Å². The molecule has 1 aliphatic carbocycles. The quantitative estimate of drug-likeness (QED) is 0.300. The lowest BCUT2D eigenvalue weighted by Gasteiger charge is -2.30. The molecule has 0 bridgehead atoms. The Morgan fingerprint density at radius 2 is 2.00 bits per heavy atom. The van der Waals surface area contributed by atoms with Crippen molar-refractivity contribution >= 4 is 28.6 Å². The summed E-state index contributed by atoms with van der Waals surface area (Å²) in [6.45, 7) is 4.79. The minimum Gasteiger partial charge on any atom is -0.370 e. The molecule has 0 radical (unpaired) electrons. The molecule has 0 saturated heterocycles. The van der Waals surface area contributed by atoms with E-state index in [2.05, 4.69) is 32.5 Å². The summed E-state index contributed by atoms with van der Waals surface area (Å²) < 4.78 is 0. The summed E-state index contributed by atoms with van der Waals surface area (Å²) in [6.07, 6.45) is 7.19. The number of carbonyl (C=O) groups is 1. The number of hydrogen-bond acceptors (Lipinski definition) is 5. The molecule has 0 spiro atoms. The van der Waals surface area contributed by atoms with Crippen molar-refractivity contribution in [3.63, 3.8) is 0 Å². The monoisotopic (exact) mass is 411 g/mol. The minimum atomic E-state index is -0.249. The predicted octanol–water partition coefficient (Wildman–Crippen LogP) is 2.85. The molecule has 1 aromatic carbocycles. The molecule has 0 unspecified atom stereocenters. The molecule has 1 aliphatic rings. The van der Waals surface area contributed by atoms with Gasteiger partial charge in [-0.1, -0.05) is 44.2 Å². The van der Waals surface area contributed by atoms with Crippen molar-refractivity contribution in [1.29, 1.82) is 0 Å². The maximum atomic E-state index is 12.7. The second kappa shape index (κ2) is 10.2. The lowest BCUT2D eigenvalue weighted by Crippen LogP contribution is -2.38. The molecule has 2 atom stereocenters. The van der Waals surface area contributed by atoms with Gasteiger partial charge in [0.15, 0.2) is 5.96 Å². The summed E-state index contributed by atoms with van der Waals surface area (Å²) in [7, 11) is 0. The van der Waals surface area contributed by atoms with Gasteiger partial charge in [-0.2, -0.15) is 0 Å². The second-order valence-corrected chi connectivity index (χ2v) is 8.04. The Labute approximate surface area is 177 Å². The van der Waals surface area contributed by atoms with Gasteiger partial charge in [-0.05, 0) is 38.3 Å². The summed E-state index contributed by atoms with van der Waals surface area (Å²) in [6, 6.07) is 6.01. The van der Waals surface area contributed by atoms with Gasteiger partial charge in [0.1, 0.15) is 5.82 Å². The zero-order chi connectivity index (χ0) is 21.5. The Morgan fingerprint density at radius 1 is 1.20 bits per heavy atom. The maximum absolute atomic E-state index is 12.7. The lowest BCUT2D eigenvalue weighted by atomic mass is 9.90. The van der Waals surface area contributed by atoms with E-state index in [0.717, 1.165) is 61.4 Å². The summed E-state index contributed by atoms with van der Waals surface area (Å²) >= 11 is 0. The summed E-state index contributed by atoms with van der Waals surface area (Å²) in [5, 5.41) is 7.35. The van der Waals surface area contributed by atoms with Gasteiger partial charge >= 0.3 is 0 Å². The van der Waals surface area contributed by atoms with Crippen LogP contribution >= 0.6 is 0 Å². The Kier molecular flexibility index (Phi) is 7.43. The molecule has 30 heavy (non-hydrogen) atoms. The number of unbranched alkanes of at least 4 members (excludes halogenated alkanes) is 2. The minimum absolute atomic E-state index is 0.00936. The van der Waals surface area contributed by atoms with Crippen LogP contribution in [0, 0.1) is 6.92 Å². The largest absolute Gasteiger partial charge is 0.370 e. The number of anilines is 1. The van der Waals surface area contributed by atoms with Gasteiger partial charge in [-0.3, -0.25) is 4.79 Å². The molecule has 8 heteroatoms. The van der Waals surface area contributed by atoms with E-state index in [1.807, 2.05) is 25.1 Å². The zero-order valence-electron chi connectivity index (χ0n) is 17.9. The fourth-order valence-corrected chi connectivity index (χ4v) is 3.91. The van der Waals surface area contributed by atoms with Crippen LogP contribution in [0.3, 0.4) is 0 Å². The molecule has 1 fully saturated rings. The molecule has 2 aromatic rings. The van der Waals surface area contributed by atoms with Crippen LogP contribution in [0.5, 0.6) is 0 Å². The van der Waals surface area contributed by atoms with Crippen molar-refractivity contribution in [2.75, 3.05) is 11.9 Å². The third-order valence-corrected chi connectivity index (χ3v) is 5.49. The summed E-state index contributed by atoms with van der Waals surface area (Å²) in [5.41, 5.74) is 13.1. The highest BCUT2D eigenvalue weighted by molar-refractivity contribution is 5.96. The third-order valence-electron chi connectivity index (χ3n) is 5.49. The summed E-state index contributed by atoms with van der Waals surface area (Å²) in [4.78, 5) is 26.2. The summed E-state index contributed by atoms with van der Waals surface area (Å²) in [5.74, 6) is 0.690. The molecule has 1 saturated carbocycles. The smallest absolute Gasteiger partial charge is 0.289 e. The van der Waals surface area contributed by atoms with Crippen LogP contribution in [0.4, 0.5) is 5.82 Å². The number of aliphatic imine (C=N–C) groups is 1. The number of fused-ring (bicyclic) bond motifs is 1. The fourth-order valence-electron chi connectivity index (χ4n) is 3.91. The number of rotatable bonds is 8. The van der Waals surface area contributed by atoms with Crippen LogP contribution in [-0.2, 0) is 0 Å². The van der Waals surface area contributed by atoms with Crippen LogP contribution in [0.25, 0.3) is 10.9 Å². The highest BCUT2D eigenvalue weighted by atomic mass is 16.2. The van der Waals surface area contributed by atoms with Crippen LogP contribution in [0.15, 0.2) is 23.2 Å². The first-order valence-electron chi connectivity index (χ1n) is 10.9. The van der Waals surface area contributed by atoms with Gasteiger partial charge in [-0.25, -0.2) is 15.0 Å². The second-order valence-electron chi connectivity index (χ2n) is 8.04. The van der Waals surface area contributed by atoms with Gasteiger partial charge in [-0.15, -0.1) is 0 Å². The molecular formula is C22H33N7O. The van der Waals surface area contributed by atoms with E-state index in [0.29, 0.717) is 12.4 Å². The Bertz CT molecular complexity index is 908. The number of hydrogen-bond donors (Lipinski definition) is 4. The highest BCUT2D eigenvalue weighted by Crippen LogP contribution is 2.28. The SMILES string of the molecule is CCCCCNC(=O)c1nc(N[C@@H]2CCCC[C@@H]2N=C(N)N)c2cc(C)ccc2n1. The molecule has 1 amide bonds. The highest BCUT2D eigenvalue weighted by Gasteiger charge is 2.26. The topological polar surface area (TPSA) is 131 Å². The Morgan fingerprint density at radius 3 is 2.77 bits per heavy atom. The van der Waals surface area contributed by atoms with Crippen LogP contribution in [-0.4, -0.2) is 40.5 Å². The molecule has 162 valence electrons. The number of nitrogens with one attached hydrogen (secondary N) is 2. The number of carbonyl (C=O) groups excluding carboxylic acids is 1. The Hall–Kier alpha value is -2.90. The number of nitrogens with zero attached hydrogens (tertiary/aromatic N) is 3. The predicted molar refractivity (Wildman–Crippen MR) is 122 cm³/mol. The lowest BCUT2D eigenvalue weighted by molar-refractivity contribution is 0.0943. The van der Waals surface area contributed by atoms with Gasteiger partial charge in [0.2, 0.25) is 5.82 Å². The van der Waals surface area contributed by atoms with Crippen molar-refractivity contribution in [3.8, 4) is 0 Å². The Balaban J connectivity index is 1.90. The molecule has 1 heterocycles. The fraction of sp³-hybridized carbons (Fsp3) is 0.545. The van der Waals surface area contributed by atoms with Crippen molar-refractivity contribution in [2.45, 2.75) is 70.9 Å². The van der Waals surface area contributed by atoms with E-state index in [1.54, 1.807) is 0 Å². The van der Waals surface area contributed by atoms with Gasteiger partial charge < -0.3 is 22.1 Å². The first-order chi connectivity index (χ1) is 14.5. The van der Waals surface area contributed by atoms with Gasteiger partial charge in [0.25, 0.3) is 5.91 Å². The molecule has 0 aliphatic heterocycles. The van der Waals surface area contributed by atoms with E-state index in [-0.39, 0.29) is 29.8 Å². The van der Waals surface area contributed by atoms with Crippen molar-refractivity contribution in [2.24, 2.45) is 16.5 Å². The average molecular weight is 412 g/mol. The molecule has 6 N–H and O–H groups in total. The number of aromatic nitrogens is 2. The van der Waals surface area contributed by atoms with Crippen LogP contribution in [0.2, 0.25) is 0 Å². The normalized spacial score (nSPS) is 18.7. The van der Waals surface area contributed by atoms with E-state index < -0.39 is 0 Å². The van der Waals surface area contributed by atoms with E-state index >= 15 is 0 Å². The number of benzene rings is 1. The maximum Gasteiger partial charge on any atom is 0.289 e. The van der Waals surface area contributed by atoms with Crippen LogP contribution in [0.1, 0.15) is 68.1 Å². The number of nitrogens with two attached hydrogens (primary N) is 2. The first kappa shape index (κ1) is 21.8. The number of amides is 1. The molecular weight excluding hydrogens is 378 g/mol. The third kappa shape index (κ3) is 5.58. The van der Waals surface area contributed by atoms with Crippen molar-refractivity contribution in [3.05, 3.63) is 29.6 Å². The first-order valence-corrected chi connectivity index (χ1v) is 10.9. The molecule has 8 nitrogen and oxygen atoms in total. The number of aryl methyl sites for hydroxylation is 1. The van der Waals surface area contributed by atoms with Gasteiger partial charge in [0, 0.05) is 11.9 Å². The molecule has 3 rings (SSSR count). The van der Waals surface area contributed by atoms with Crippen molar-refractivity contribution in [1.82, 2.24) is 15.3 Å². The van der Waals surface area contributed by atoms with Crippen LogP contribution < -0.4 is 22.1 Å². The van der Waals surface area contributed by atoms with E-state index in [1.165, 1.54) is 0 Å². The molecule has 1 aromatic heterocycles. The van der Waals surface area contributed by atoms with E-state index in [4.69, 9.17) is 11.5 Å². The van der Waals surface area contributed by atoms with Crippen molar-refractivity contribution < 1.29 is 4.79 Å².